The van der Waals surface area contributed by atoms with E-state index in [1.807, 2.05) is 6.92 Å². The Morgan fingerprint density at radius 1 is 0.515 bits per heavy atom. The first kappa shape index (κ1) is 24.5. The van der Waals surface area contributed by atoms with E-state index in [1.165, 1.54) is 6.07 Å². The number of hydrogen-bond donors (Lipinski definition) is 8. The molecule has 0 bridgehead atoms. The lowest BCUT2D eigenvalue weighted by atomic mass is 9.69. The van der Waals surface area contributed by atoms with Crippen molar-refractivity contribution in [2.45, 2.75) is 45.4 Å². The largest absolute Gasteiger partial charge is 0.508 e. The number of phenols is 3. The summed E-state index contributed by atoms with van der Waals surface area (Å²) in [5.74, 6) is -0.560. The van der Waals surface area contributed by atoms with Gasteiger partial charge in [-0.2, -0.15) is 0 Å². The van der Waals surface area contributed by atoms with Gasteiger partial charge in [-0.1, -0.05) is 6.07 Å². The molecule has 8 N–H and O–H groups in total. The first-order valence-corrected chi connectivity index (χ1v) is 10.3. The lowest BCUT2D eigenvalue weighted by molar-refractivity contribution is 0.263. The van der Waals surface area contributed by atoms with Crippen molar-refractivity contribution in [3.63, 3.8) is 0 Å². The van der Waals surface area contributed by atoms with Gasteiger partial charge in [0.15, 0.2) is 0 Å². The molecule has 8 nitrogen and oxygen atoms in total. The fourth-order valence-electron chi connectivity index (χ4n) is 4.10. The van der Waals surface area contributed by atoms with Crippen molar-refractivity contribution in [2.75, 3.05) is 0 Å². The zero-order valence-electron chi connectivity index (χ0n) is 18.2. The molecule has 0 aliphatic heterocycles. The molecule has 0 heterocycles. The SMILES string of the molecule is CC(c1ccc(O)c(CO)c1)(c1cc(CO)c(O)c(CO)c1)c1cc(CO)c(O)c(CO)c1. The van der Waals surface area contributed by atoms with Crippen LogP contribution in [0.25, 0.3) is 0 Å². The van der Waals surface area contributed by atoms with E-state index in [2.05, 4.69) is 0 Å². The van der Waals surface area contributed by atoms with E-state index in [0.29, 0.717) is 16.7 Å². The van der Waals surface area contributed by atoms with Gasteiger partial charge in [-0.25, -0.2) is 0 Å². The van der Waals surface area contributed by atoms with Gasteiger partial charge in [-0.05, 0) is 60.0 Å². The van der Waals surface area contributed by atoms with Crippen molar-refractivity contribution < 1.29 is 40.9 Å². The number of aromatic hydroxyl groups is 3. The fourth-order valence-corrected chi connectivity index (χ4v) is 4.10. The molecular weight excluding hydrogens is 428 g/mol. The quantitative estimate of drug-likeness (QED) is 0.237. The molecule has 33 heavy (non-hydrogen) atoms. The number of benzene rings is 3. The molecule has 0 spiro atoms. The molecule has 3 rings (SSSR count). The van der Waals surface area contributed by atoms with Gasteiger partial charge in [0.1, 0.15) is 17.2 Å². The molecule has 0 saturated carbocycles. The zero-order valence-corrected chi connectivity index (χ0v) is 18.2. The normalized spacial score (nSPS) is 11.7. The van der Waals surface area contributed by atoms with E-state index in [9.17, 15) is 40.9 Å². The minimum atomic E-state index is -1.08. The van der Waals surface area contributed by atoms with Crippen molar-refractivity contribution in [1.82, 2.24) is 0 Å². The maximum absolute atomic E-state index is 10.4. The molecule has 0 saturated heterocycles. The Morgan fingerprint density at radius 3 is 1.18 bits per heavy atom. The number of rotatable bonds is 8. The maximum atomic E-state index is 10.4. The summed E-state index contributed by atoms with van der Waals surface area (Å²) in [5.41, 5.74) is 1.62. The van der Waals surface area contributed by atoms with Gasteiger partial charge in [0.25, 0.3) is 0 Å². The van der Waals surface area contributed by atoms with Gasteiger partial charge in [0.05, 0.1) is 33.0 Å². The third-order valence-corrected chi connectivity index (χ3v) is 6.20. The molecule has 0 unspecified atom stereocenters. The van der Waals surface area contributed by atoms with Crippen LogP contribution in [0.15, 0.2) is 42.5 Å². The molecular formula is C25H28O8. The van der Waals surface area contributed by atoms with E-state index >= 15 is 0 Å². The van der Waals surface area contributed by atoms with Crippen molar-refractivity contribution in [1.29, 1.82) is 0 Å². The van der Waals surface area contributed by atoms with E-state index in [0.717, 1.165) is 0 Å². The fraction of sp³-hybridized carbons (Fsp3) is 0.280. The van der Waals surface area contributed by atoms with Gasteiger partial charge >= 0.3 is 0 Å². The van der Waals surface area contributed by atoms with Crippen LogP contribution in [0.3, 0.4) is 0 Å². The van der Waals surface area contributed by atoms with Crippen molar-refractivity contribution in [3.8, 4) is 17.2 Å². The summed E-state index contributed by atoms with van der Waals surface area (Å²) in [6.45, 7) is -0.559. The van der Waals surface area contributed by atoms with E-state index in [4.69, 9.17) is 0 Å². The highest BCUT2D eigenvalue weighted by molar-refractivity contribution is 5.58. The molecule has 0 radical (unpaired) electrons. The smallest absolute Gasteiger partial charge is 0.126 e. The number of aliphatic hydroxyl groups is 5. The Labute approximate surface area is 190 Å². The average molecular weight is 456 g/mol. The summed E-state index contributed by atoms with van der Waals surface area (Å²) in [6.07, 6.45) is 0. The second-order valence-corrected chi connectivity index (χ2v) is 8.05. The van der Waals surface area contributed by atoms with Crippen LogP contribution < -0.4 is 0 Å². The number of hydrogen-bond acceptors (Lipinski definition) is 8. The molecule has 3 aromatic rings. The Bertz CT molecular complexity index is 1040. The van der Waals surface area contributed by atoms with Gasteiger partial charge in [0, 0.05) is 33.2 Å². The Hall–Kier alpha value is -3.14. The monoisotopic (exact) mass is 456 g/mol. The lowest BCUT2D eigenvalue weighted by Gasteiger charge is -2.34. The third kappa shape index (κ3) is 4.27. The summed E-state index contributed by atoms with van der Waals surface area (Å²) >= 11 is 0. The van der Waals surface area contributed by atoms with Gasteiger partial charge in [-0.3, -0.25) is 0 Å². The van der Waals surface area contributed by atoms with Crippen LogP contribution >= 0.6 is 0 Å². The van der Waals surface area contributed by atoms with E-state index in [1.54, 1.807) is 36.4 Å². The molecule has 0 aliphatic carbocycles. The van der Waals surface area contributed by atoms with Crippen LogP contribution in [0.1, 0.15) is 51.4 Å². The lowest BCUT2D eigenvalue weighted by Crippen LogP contribution is -2.27. The van der Waals surface area contributed by atoms with Crippen molar-refractivity contribution in [3.05, 3.63) is 87.0 Å². The summed E-state index contributed by atoms with van der Waals surface area (Å²) in [4.78, 5) is 0. The topological polar surface area (TPSA) is 162 Å². The second kappa shape index (κ2) is 9.78. The Balaban J connectivity index is 2.44. The van der Waals surface area contributed by atoms with Crippen molar-refractivity contribution >= 4 is 0 Å². The first-order valence-electron chi connectivity index (χ1n) is 10.3. The van der Waals surface area contributed by atoms with Crippen molar-refractivity contribution in [2.24, 2.45) is 0 Å². The molecule has 0 aromatic heterocycles. The summed E-state index contributed by atoms with van der Waals surface area (Å²) in [5, 5.41) is 79.6. The maximum Gasteiger partial charge on any atom is 0.126 e. The molecule has 3 aromatic carbocycles. The summed E-state index contributed by atoms with van der Waals surface area (Å²) < 4.78 is 0. The van der Waals surface area contributed by atoms with Crippen LogP contribution in [-0.4, -0.2) is 40.9 Å². The van der Waals surface area contributed by atoms with Crippen LogP contribution in [0.5, 0.6) is 17.2 Å². The second-order valence-electron chi connectivity index (χ2n) is 8.05. The molecule has 0 aliphatic rings. The first-order chi connectivity index (χ1) is 15.7. The molecule has 8 heteroatoms. The molecule has 0 amide bonds. The molecule has 0 atom stereocenters. The van der Waals surface area contributed by atoms with Crippen LogP contribution in [0.2, 0.25) is 0 Å². The third-order valence-electron chi connectivity index (χ3n) is 6.20. The summed E-state index contributed by atoms with van der Waals surface area (Å²) in [7, 11) is 0. The highest BCUT2D eigenvalue weighted by Crippen LogP contribution is 2.44. The average Bonchev–Trinajstić information content (AvgIpc) is 2.84. The zero-order chi connectivity index (χ0) is 24.3. The van der Waals surface area contributed by atoms with Gasteiger partial charge in [-0.15, -0.1) is 0 Å². The Morgan fingerprint density at radius 2 is 0.848 bits per heavy atom. The van der Waals surface area contributed by atoms with E-state index in [-0.39, 0.29) is 45.1 Å². The summed E-state index contributed by atoms with van der Waals surface area (Å²) in [6, 6.07) is 11.0. The van der Waals surface area contributed by atoms with Gasteiger partial charge in [0.2, 0.25) is 0 Å². The van der Waals surface area contributed by atoms with E-state index < -0.39 is 38.4 Å². The predicted molar refractivity (Wildman–Crippen MR) is 119 cm³/mol. The van der Waals surface area contributed by atoms with Crippen LogP contribution in [0.4, 0.5) is 0 Å². The minimum Gasteiger partial charge on any atom is -0.508 e. The predicted octanol–water partition coefficient (Wildman–Crippen LogP) is 1.62. The Kier molecular flexibility index (Phi) is 7.26. The highest BCUT2D eigenvalue weighted by atomic mass is 16.3. The van der Waals surface area contributed by atoms with Crippen LogP contribution in [-0.2, 0) is 38.4 Å². The van der Waals surface area contributed by atoms with Gasteiger partial charge < -0.3 is 40.9 Å². The van der Waals surface area contributed by atoms with Crippen LogP contribution in [0, 0.1) is 0 Å². The molecule has 176 valence electrons. The molecule has 0 fully saturated rings. The minimum absolute atomic E-state index is 0.0980. The highest BCUT2D eigenvalue weighted by Gasteiger charge is 2.34. The standard InChI is InChI=1S/C25H28O8/c1-25(19-2-3-22(31)14(4-19)9-26,20-5-15(10-27)23(32)16(6-20)11-28)21-7-17(12-29)24(33)18(8-21)13-30/h2-8,26-33H,9-13H2,1H3. The number of aliphatic hydroxyl groups excluding tert-OH is 5.